The number of aromatic nitrogens is 3. The summed E-state index contributed by atoms with van der Waals surface area (Å²) < 4.78 is 12.7. The average Bonchev–Trinajstić information content (AvgIpc) is 3.33. The Morgan fingerprint density at radius 3 is 2.53 bits per heavy atom. The lowest BCUT2D eigenvalue weighted by Crippen LogP contribution is -2.51. The van der Waals surface area contributed by atoms with E-state index in [1.165, 1.54) is 7.11 Å². The molecule has 2 unspecified atom stereocenters. The predicted octanol–water partition coefficient (Wildman–Crippen LogP) is 4.57. The molecule has 43 heavy (non-hydrogen) atoms. The first-order valence-corrected chi connectivity index (χ1v) is 14.9. The number of rotatable bonds is 7. The summed E-state index contributed by atoms with van der Waals surface area (Å²) in [6, 6.07) is 9.33. The Bertz CT molecular complexity index is 1530. The van der Waals surface area contributed by atoms with Gasteiger partial charge < -0.3 is 18.9 Å². The molecule has 1 aliphatic heterocycles. The number of halogens is 1. The van der Waals surface area contributed by atoms with Crippen LogP contribution in [-0.4, -0.2) is 101 Å². The predicted molar refractivity (Wildman–Crippen MR) is 165 cm³/mol. The van der Waals surface area contributed by atoms with E-state index in [0.29, 0.717) is 31.2 Å². The standard InChI is InChI=1S/C32H40ClN6O4/c1-21(2)43-32(41)38-14-12-37(13-15-38)30-24-10-9-23(33)17-25(24)26(16-22-8-7-11-35-29(22)30)31(27-18-34-20-36(27)3)39(4,5)28(40)19-42-6/h7-11,16-18,20-21,30-31H,12-15,19H2,1-6H3/q+1. The largest absolute Gasteiger partial charge is 0.447 e. The molecule has 0 radical (unpaired) electrons. The van der Waals surface area contributed by atoms with Crippen LogP contribution in [0.3, 0.4) is 0 Å². The molecule has 0 saturated carbocycles. The number of carbonyl (C=O) groups excluding carboxylic acids is 2. The molecule has 2 amide bonds. The van der Waals surface area contributed by atoms with Crippen molar-refractivity contribution >= 4 is 35.3 Å². The molecule has 3 heterocycles. The minimum Gasteiger partial charge on any atom is -0.447 e. The van der Waals surface area contributed by atoms with E-state index >= 15 is 0 Å². The van der Waals surface area contributed by atoms with Gasteiger partial charge in [0.15, 0.2) is 12.6 Å². The van der Waals surface area contributed by atoms with Gasteiger partial charge in [-0.05, 0) is 54.8 Å². The van der Waals surface area contributed by atoms with Gasteiger partial charge in [-0.2, -0.15) is 0 Å². The number of imidazole rings is 1. The minimum atomic E-state index is -0.429. The highest BCUT2D eigenvalue weighted by Gasteiger charge is 2.44. The van der Waals surface area contributed by atoms with Crippen LogP contribution < -0.4 is 0 Å². The molecule has 2 atom stereocenters. The van der Waals surface area contributed by atoms with Gasteiger partial charge in [0.2, 0.25) is 0 Å². The first kappa shape index (κ1) is 30.9. The van der Waals surface area contributed by atoms with Gasteiger partial charge in [0.1, 0.15) is 5.69 Å². The lowest BCUT2D eigenvalue weighted by atomic mass is 9.88. The Hall–Kier alpha value is -3.57. The number of likely N-dealkylation sites (N-methyl/N-ethyl adjacent to an activating group) is 1. The van der Waals surface area contributed by atoms with Crippen LogP contribution in [0.1, 0.15) is 54.0 Å². The normalized spacial score (nSPS) is 18.0. The number of hydrogen-bond acceptors (Lipinski definition) is 7. The van der Waals surface area contributed by atoms with Crippen molar-refractivity contribution in [2.45, 2.75) is 32.0 Å². The van der Waals surface area contributed by atoms with Gasteiger partial charge in [0, 0.05) is 57.1 Å². The van der Waals surface area contributed by atoms with Crippen molar-refractivity contribution < 1.29 is 23.5 Å². The summed E-state index contributed by atoms with van der Waals surface area (Å²) in [5.74, 6) is -0.0743. The molecule has 1 saturated heterocycles. The van der Waals surface area contributed by atoms with Gasteiger partial charge in [-0.3, -0.25) is 14.4 Å². The van der Waals surface area contributed by atoms with Gasteiger partial charge in [-0.25, -0.2) is 14.6 Å². The van der Waals surface area contributed by atoms with Crippen LogP contribution >= 0.6 is 11.6 Å². The molecular weight excluding hydrogens is 568 g/mol. The van der Waals surface area contributed by atoms with Crippen LogP contribution in [0.5, 0.6) is 0 Å². The molecule has 2 aliphatic rings. The number of pyridine rings is 1. The van der Waals surface area contributed by atoms with E-state index in [1.807, 2.05) is 70.2 Å². The van der Waals surface area contributed by atoms with E-state index < -0.39 is 6.04 Å². The van der Waals surface area contributed by atoms with Gasteiger partial charge >= 0.3 is 12.0 Å². The Morgan fingerprint density at radius 2 is 1.88 bits per heavy atom. The number of piperazine rings is 1. The van der Waals surface area contributed by atoms with Crippen LogP contribution in [0.2, 0.25) is 5.02 Å². The molecule has 228 valence electrons. The number of fused-ring (bicyclic) bond motifs is 2. The Morgan fingerprint density at radius 1 is 1.14 bits per heavy atom. The number of carbonyl (C=O) groups is 2. The van der Waals surface area contributed by atoms with Crippen molar-refractivity contribution in [2.24, 2.45) is 7.05 Å². The fourth-order valence-electron chi connectivity index (χ4n) is 6.13. The van der Waals surface area contributed by atoms with Crippen molar-refractivity contribution in [3.63, 3.8) is 0 Å². The molecule has 10 nitrogen and oxygen atoms in total. The molecule has 1 aromatic carbocycles. The smallest absolute Gasteiger partial charge is 0.410 e. The van der Waals surface area contributed by atoms with Gasteiger partial charge in [-0.15, -0.1) is 0 Å². The van der Waals surface area contributed by atoms with Crippen molar-refractivity contribution in [1.29, 1.82) is 0 Å². The number of methoxy groups -OCH3 is 1. The van der Waals surface area contributed by atoms with E-state index in [0.717, 1.165) is 33.7 Å². The molecule has 3 aromatic rings. The number of ether oxygens (including phenoxy) is 2. The average molecular weight is 608 g/mol. The molecular formula is C32H40ClN6O4+. The number of aryl methyl sites for hydroxylation is 1. The van der Waals surface area contributed by atoms with Crippen molar-refractivity contribution in [3.05, 3.63) is 82.2 Å². The zero-order valence-electron chi connectivity index (χ0n) is 25.7. The van der Waals surface area contributed by atoms with Gasteiger partial charge in [-0.1, -0.05) is 23.7 Å². The SMILES string of the molecule is COCC(=O)[N+](C)(C)C(C1=Cc2cccnc2C(N2CCN(C(=O)OC(C)C)CC2)c2ccc(Cl)cc21)c1cncn1C. The number of hydrogen-bond donors (Lipinski definition) is 0. The summed E-state index contributed by atoms with van der Waals surface area (Å²) in [5, 5.41) is 0.598. The van der Waals surface area contributed by atoms with Gasteiger partial charge in [0.25, 0.3) is 0 Å². The lowest BCUT2D eigenvalue weighted by molar-refractivity contribution is -0.837. The zero-order chi connectivity index (χ0) is 30.9. The molecule has 0 N–H and O–H groups in total. The van der Waals surface area contributed by atoms with Crippen LogP contribution in [-0.2, 0) is 21.3 Å². The highest BCUT2D eigenvalue weighted by Crippen LogP contribution is 2.47. The summed E-state index contributed by atoms with van der Waals surface area (Å²) in [5.41, 5.74) is 5.68. The fraction of sp³-hybridized carbons (Fsp3) is 0.438. The summed E-state index contributed by atoms with van der Waals surface area (Å²) >= 11 is 6.70. The molecule has 0 bridgehead atoms. The topological polar surface area (TPSA) is 89.8 Å². The van der Waals surface area contributed by atoms with Crippen molar-refractivity contribution in [2.75, 3.05) is 54.0 Å². The first-order chi connectivity index (χ1) is 20.5. The lowest BCUT2D eigenvalue weighted by Gasteiger charge is -2.40. The molecule has 1 aliphatic carbocycles. The van der Waals surface area contributed by atoms with Gasteiger partial charge in [0.05, 0.1) is 44.5 Å². The van der Waals surface area contributed by atoms with E-state index in [9.17, 15) is 9.59 Å². The maximum atomic E-state index is 13.6. The summed E-state index contributed by atoms with van der Waals surface area (Å²) in [6.07, 6.45) is 7.07. The molecule has 1 fully saturated rings. The Balaban J connectivity index is 1.65. The van der Waals surface area contributed by atoms with Crippen LogP contribution in [0, 0.1) is 0 Å². The maximum absolute atomic E-state index is 13.6. The minimum absolute atomic E-state index is 0.00204. The summed E-state index contributed by atoms with van der Waals surface area (Å²) in [4.78, 5) is 39.7. The molecule has 5 rings (SSSR count). The second kappa shape index (κ2) is 12.6. The van der Waals surface area contributed by atoms with E-state index in [2.05, 4.69) is 28.1 Å². The first-order valence-electron chi connectivity index (χ1n) is 14.5. The zero-order valence-corrected chi connectivity index (χ0v) is 26.4. The maximum Gasteiger partial charge on any atom is 0.410 e. The van der Waals surface area contributed by atoms with Crippen molar-refractivity contribution in [3.8, 4) is 0 Å². The third-order valence-electron chi connectivity index (χ3n) is 8.32. The van der Waals surface area contributed by atoms with E-state index in [4.69, 9.17) is 26.1 Å². The van der Waals surface area contributed by atoms with Crippen LogP contribution in [0.4, 0.5) is 4.79 Å². The fourth-order valence-corrected chi connectivity index (χ4v) is 6.30. The van der Waals surface area contributed by atoms with Crippen LogP contribution in [0.25, 0.3) is 11.6 Å². The monoisotopic (exact) mass is 607 g/mol. The number of quaternary nitrogens is 1. The van der Waals surface area contributed by atoms with Crippen LogP contribution in [0.15, 0.2) is 49.1 Å². The Labute approximate surface area is 258 Å². The number of nitrogens with zero attached hydrogens (tertiary/aromatic N) is 6. The Kier molecular flexibility index (Phi) is 9.03. The molecule has 11 heteroatoms. The molecule has 0 spiro atoms. The summed E-state index contributed by atoms with van der Waals surface area (Å²) in [7, 11) is 7.29. The number of benzene rings is 1. The quantitative estimate of drug-likeness (QED) is 0.364. The number of amides is 2. The molecule has 2 aromatic heterocycles. The summed E-state index contributed by atoms with van der Waals surface area (Å²) in [6.45, 7) is 6.06. The highest BCUT2D eigenvalue weighted by molar-refractivity contribution is 6.30. The van der Waals surface area contributed by atoms with Crippen molar-refractivity contribution in [1.82, 2.24) is 24.3 Å². The second-order valence-electron chi connectivity index (χ2n) is 11.9. The third-order valence-corrected chi connectivity index (χ3v) is 8.56. The second-order valence-corrected chi connectivity index (χ2v) is 12.3. The van der Waals surface area contributed by atoms with E-state index in [1.54, 1.807) is 11.2 Å². The third kappa shape index (κ3) is 6.10. The van der Waals surface area contributed by atoms with E-state index in [-0.39, 0.29) is 35.2 Å². The highest BCUT2D eigenvalue weighted by atomic mass is 35.5.